The van der Waals surface area contributed by atoms with Crippen molar-refractivity contribution in [1.82, 2.24) is 14.8 Å². The summed E-state index contributed by atoms with van der Waals surface area (Å²) in [4.78, 5) is 17.6. The van der Waals surface area contributed by atoms with Crippen LogP contribution in [0.4, 0.5) is 0 Å². The first kappa shape index (κ1) is 17.6. The predicted octanol–water partition coefficient (Wildman–Crippen LogP) is 3.63. The van der Waals surface area contributed by atoms with Crippen LogP contribution in [-0.2, 0) is 11.2 Å². The normalized spacial score (nSPS) is 11.0. The standard InChI is InChI=1S/C21H15N5OS/c22-11-15-6-8-17(9-7-15)19-13-26-18(14-28-21(26)24-19)10-20(27)25-23-12-16-4-2-1-3-5-16/h1-9,12-14H,10H2,(H,25,27)/b23-12+. The van der Waals surface area contributed by atoms with Gasteiger partial charge in [-0.15, -0.1) is 11.3 Å². The van der Waals surface area contributed by atoms with Gasteiger partial charge in [0.15, 0.2) is 4.96 Å². The average Bonchev–Trinajstić information content (AvgIpc) is 3.31. The lowest BCUT2D eigenvalue weighted by Gasteiger charge is -1.99. The SMILES string of the molecule is N#Cc1ccc(-c2cn3c(CC(=O)N/N=C/c4ccccc4)csc3n2)cc1. The molecule has 1 N–H and O–H groups in total. The van der Waals surface area contributed by atoms with Crippen LogP contribution in [0.3, 0.4) is 0 Å². The number of nitrogens with one attached hydrogen (secondary N) is 1. The van der Waals surface area contributed by atoms with Crippen LogP contribution in [-0.4, -0.2) is 21.5 Å². The molecule has 0 saturated carbocycles. The molecule has 2 aromatic carbocycles. The summed E-state index contributed by atoms with van der Waals surface area (Å²) in [5, 5.41) is 14.8. The van der Waals surface area contributed by atoms with E-state index in [2.05, 4.69) is 21.6 Å². The van der Waals surface area contributed by atoms with Crippen molar-refractivity contribution in [2.24, 2.45) is 5.10 Å². The Morgan fingerprint density at radius 3 is 2.75 bits per heavy atom. The number of hydrazone groups is 1. The molecule has 0 spiro atoms. The maximum absolute atomic E-state index is 12.2. The van der Waals surface area contributed by atoms with Gasteiger partial charge >= 0.3 is 0 Å². The minimum absolute atomic E-state index is 0.194. The summed E-state index contributed by atoms with van der Waals surface area (Å²) in [6, 6.07) is 19.0. The third kappa shape index (κ3) is 3.82. The molecule has 0 atom stereocenters. The maximum atomic E-state index is 12.2. The van der Waals surface area contributed by atoms with E-state index < -0.39 is 0 Å². The summed E-state index contributed by atoms with van der Waals surface area (Å²) in [7, 11) is 0. The first-order valence-electron chi connectivity index (χ1n) is 8.56. The van der Waals surface area contributed by atoms with Gasteiger partial charge in [0, 0.05) is 22.8 Å². The van der Waals surface area contributed by atoms with E-state index in [-0.39, 0.29) is 12.3 Å². The number of carbonyl (C=O) groups excluding carboxylic acids is 1. The number of benzene rings is 2. The number of amides is 1. The highest BCUT2D eigenvalue weighted by molar-refractivity contribution is 7.15. The van der Waals surface area contributed by atoms with Crippen LogP contribution in [0.5, 0.6) is 0 Å². The van der Waals surface area contributed by atoms with Gasteiger partial charge in [-0.25, -0.2) is 10.4 Å². The number of nitrogens with zero attached hydrogens (tertiary/aromatic N) is 4. The zero-order valence-electron chi connectivity index (χ0n) is 14.7. The Hall–Kier alpha value is -3.76. The van der Waals surface area contributed by atoms with E-state index >= 15 is 0 Å². The third-order valence-corrected chi connectivity index (χ3v) is 5.03. The Bertz CT molecular complexity index is 1180. The van der Waals surface area contributed by atoms with Crippen molar-refractivity contribution < 1.29 is 4.79 Å². The van der Waals surface area contributed by atoms with Crippen molar-refractivity contribution in [3.63, 3.8) is 0 Å². The first-order chi connectivity index (χ1) is 13.7. The molecule has 0 radical (unpaired) electrons. The fourth-order valence-corrected chi connectivity index (χ4v) is 3.61. The smallest absolute Gasteiger partial charge is 0.246 e. The van der Waals surface area contributed by atoms with Gasteiger partial charge in [-0.2, -0.15) is 10.4 Å². The summed E-state index contributed by atoms with van der Waals surface area (Å²) < 4.78 is 1.92. The lowest BCUT2D eigenvalue weighted by Crippen LogP contribution is -2.20. The van der Waals surface area contributed by atoms with Crippen molar-refractivity contribution in [3.8, 4) is 17.3 Å². The molecule has 0 aliphatic rings. The minimum atomic E-state index is -0.194. The molecule has 0 saturated heterocycles. The second-order valence-corrected chi connectivity index (χ2v) is 6.91. The molecule has 7 heteroatoms. The minimum Gasteiger partial charge on any atom is -0.294 e. The van der Waals surface area contributed by atoms with E-state index in [1.807, 2.05) is 58.4 Å². The number of carbonyl (C=O) groups is 1. The van der Waals surface area contributed by atoms with Crippen LogP contribution < -0.4 is 5.43 Å². The Kier molecular flexibility index (Phi) is 4.95. The second kappa shape index (κ2) is 7.86. The van der Waals surface area contributed by atoms with Gasteiger partial charge < -0.3 is 0 Å². The summed E-state index contributed by atoms with van der Waals surface area (Å²) in [6.45, 7) is 0. The maximum Gasteiger partial charge on any atom is 0.246 e. The van der Waals surface area contributed by atoms with E-state index in [9.17, 15) is 4.79 Å². The highest BCUT2D eigenvalue weighted by Crippen LogP contribution is 2.24. The van der Waals surface area contributed by atoms with Gasteiger partial charge in [0.05, 0.1) is 30.0 Å². The monoisotopic (exact) mass is 385 g/mol. The van der Waals surface area contributed by atoms with Gasteiger partial charge in [0.2, 0.25) is 5.91 Å². The molecule has 2 aromatic heterocycles. The van der Waals surface area contributed by atoms with Crippen molar-refractivity contribution >= 4 is 28.4 Å². The van der Waals surface area contributed by atoms with E-state index in [4.69, 9.17) is 5.26 Å². The van der Waals surface area contributed by atoms with Crippen LogP contribution in [0.2, 0.25) is 0 Å². The first-order valence-corrected chi connectivity index (χ1v) is 9.44. The number of hydrogen-bond acceptors (Lipinski definition) is 5. The highest BCUT2D eigenvalue weighted by atomic mass is 32.1. The molecule has 0 aliphatic carbocycles. The quantitative estimate of drug-likeness (QED) is 0.421. The molecule has 0 bridgehead atoms. The largest absolute Gasteiger partial charge is 0.294 e. The Labute approximate surface area is 165 Å². The van der Waals surface area contributed by atoms with Crippen LogP contribution >= 0.6 is 11.3 Å². The molecule has 1 amide bonds. The molecular weight excluding hydrogens is 370 g/mol. The van der Waals surface area contributed by atoms with Crippen LogP contribution in [0.1, 0.15) is 16.8 Å². The number of nitriles is 1. The summed E-state index contributed by atoms with van der Waals surface area (Å²) >= 11 is 1.48. The molecular formula is C21H15N5OS. The number of thiazole rings is 1. The number of hydrogen-bond donors (Lipinski definition) is 1. The zero-order valence-corrected chi connectivity index (χ0v) is 15.6. The van der Waals surface area contributed by atoms with E-state index in [1.165, 1.54) is 11.3 Å². The number of imidazole rings is 1. The average molecular weight is 385 g/mol. The summed E-state index contributed by atoms with van der Waals surface area (Å²) in [5.41, 5.74) is 6.67. The third-order valence-electron chi connectivity index (χ3n) is 4.14. The molecule has 0 unspecified atom stereocenters. The lowest BCUT2D eigenvalue weighted by molar-refractivity contribution is -0.120. The topological polar surface area (TPSA) is 82.5 Å². The van der Waals surface area contributed by atoms with E-state index in [1.54, 1.807) is 18.3 Å². The van der Waals surface area contributed by atoms with Crippen molar-refractivity contribution in [2.75, 3.05) is 0 Å². The molecule has 136 valence electrons. The molecule has 4 rings (SSSR count). The second-order valence-electron chi connectivity index (χ2n) is 6.08. The Balaban J connectivity index is 1.47. The summed E-state index contributed by atoms with van der Waals surface area (Å²) in [6.07, 6.45) is 3.72. The lowest BCUT2D eigenvalue weighted by atomic mass is 10.1. The molecule has 0 fully saturated rings. The van der Waals surface area contributed by atoms with Crippen molar-refractivity contribution in [3.05, 3.63) is 83.0 Å². The van der Waals surface area contributed by atoms with Crippen LogP contribution in [0.25, 0.3) is 16.2 Å². The predicted molar refractivity (Wildman–Crippen MR) is 109 cm³/mol. The Morgan fingerprint density at radius 1 is 1.21 bits per heavy atom. The fraction of sp³-hybridized carbons (Fsp3) is 0.0476. The molecule has 2 heterocycles. The van der Waals surface area contributed by atoms with E-state index in [0.717, 1.165) is 27.5 Å². The van der Waals surface area contributed by atoms with Crippen molar-refractivity contribution in [1.29, 1.82) is 5.26 Å². The fourth-order valence-electron chi connectivity index (χ4n) is 2.73. The molecule has 28 heavy (non-hydrogen) atoms. The van der Waals surface area contributed by atoms with Gasteiger partial charge in [0.25, 0.3) is 0 Å². The van der Waals surface area contributed by atoms with Gasteiger partial charge in [-0.1, -0.05) is 42.5 Å². The molecule has 6 nitrogen and oxygen atoms in total. The molecule has 4 aromatic rings. The highest BCUT2D eigenvalue weighted by Gasteiger charge is 2.12. The van der Waals surface area contributed by atoms with Crippen LogP contribution in [0.15, 0.2) is 71.3 Å². The zero-order chi connectivity index (χ0) is 19.3. The number of fused-ring (bicyclic) bond motifs is 1. The summed E-state index contributed by atoms with van der Waals surface area (Å²) in [5.74, 6) is -0.194. The van der Waals surface area contributed by atoms with Crippen molar-refractivity contribution in [2.45, 2.75) is 6.42 Å². The molecule has 0 aliphatic heterocycles. The van der Waals surface area contributed by atoms with Crippen LogP contribution in [0, 0.1) is 11.3 Å². The van der Waals surface area contributed by atoms with Gasteiger partial charge in [-0.3, -0.25) is 9.20 Å². The van der Waals surface area contributed by atoms with Gasteiger partial charge in [0.1, 0.15) is 0 Å². The van der Waals surface area contributed by atoms with E-state index in [0.29, 0.717) is 5.56 Å². The Morgan fingerprint density at radius 2 is 2.00 bits per heavy atom. The van der Waals surface area contributed by atoms with Gasteiger partial charge in [-0.05, 0) is 17.7 Å². The number of rotatable bonds is 5. The number of aromatic nitrogens is 2.